The fraction of sp³-hybridized carbons (Fsp3) is 0.462. The molecule has 0 fully saturated rings. The number of urea groups is 1. The van der Waals surface area contributed by atoms with E-state index in [2.05, 4.69) is 10.6 Å². The van der Waals surface area contributed by atoms with Crippen LogP contribution < -0.4 is 10.6 Å². The third-order valence-corrected chi connectivity index (χ3v) is 3.05. The summed E-state index contributed by atoms with van der Waals surface area (Å²) in [7, 11) is 0. The normalized spacial score (nSPS) is 12.9. The van der Waals surface area contributed by atoms with Crippen molar-refractivity contribution in [3.8, 4) is 0 Å². The minimum absolute atomic E-state index is 0.0198. The number of nitrogens with one attached hydrogen (secondary N) is 2. The van der Waals surface area contributed by atoms with Crippen molar-refractivity contribution >= 4 is 11.7 Å². The molecule has 1 aromatic carbocycles. The maximum Gasteiger partial charge on any atom is 0.430 e. The molecule has 10 heteroatoms. The summed E-state index contributed by atoms with van der Waals surface area (Å²) in [6.45, 7) is 3.12. The molecule has 0 saturated carbocycles. The average Bonchev–Trinajstić information content (AvgIpc) is 2.37. The van der Waals surface area contributed by atoms with E-state index in [0.717, 1.165) is 6.07 Å². The van der Waals surface area contributed by atoms with Gasteiger partial charge in [-0.1, -0.05) is 12.1 Å². The number of alkyl halides is 6. The Balaban J connectivity index is 3.29. The SMILES string of the molecule is CCNC(=O)Nc1ccc(C(O)(C(F)(F)F)C(F)(F)F)cc1C. The molecule has 1 rings (SSSR count). The van der Waals surface area contributed by atoms with Crippen LogP contribution in [-0.4, -0.2) is 30.0 Å². The van der Waals surface area contributed by atoms with Crippen molar-refractivity contribution in [3.05, 3.63) is 29.3 Å². The largest absolute Gasteiger partial charge is 0.430 e. The van der Waals surface area contributed by atoms with E-state index >= 15 is 0 Å². The van der Waals surface area contributed by atoms with Crippen LogP contribution in [0.25, 0.3) is 0 Å². The maximum absolute atomic E-state index is 12.8. The molecule has 1 aromatic rings. The number of benzene rings is 1. The molecule has 0 radical (unpaired) electrons. The van der Waals surface area contributed by atoms with Crippen LogP contribution in [0.2, 0.25) is 0 Å². The van der Waals surface area contributed by atoms with Gasteiger partial charge >= 0.3 is 18.4 Å². The van der Waals surface area contributed by atoms with Gasteiger partial charge in [-0.15, -0.1) is 0 Å². The number of anilines is 1. The Morgan fingerprint density at radius 1 is 1.13 bits per heavy atom. The predicted octanol–water partition coefficient (Wildman–Crippen LogP) is 3.45. The molecule has 0 saturated heterocycles. The number of aliphatic hydroxyl groups is 1. The first-order valence-corrected chi connectivity index (χ1v) is 6.36. The summed E-state index contributed by atoms with van der Waals surface area (Å²) in [5.74, 6) is 0. The van der Waals surface area contributed by atoms with Gasteiger partial charge < -0.3 is 15.7 Å². The van der Waals surface area contributed by atoms with E-state index in [0.29, 0.717) is 12.1 Å². The van der Waals surface area contributed by atoms with Gasteiger partial charge in [-0.05, 0) is 25.5 Å². The zero-order valence-electron chi connectivity index (χ0n) is 12.1. The lowest BCUT2D eigenvalue weighted by Crippen LogP contribution is -2.53. The molecule has 4 nitrogen and oxygen atoms in total. The van der Waals surface area contributed by atoms with E-state index in [-0.39, 0.29) is 17.8 Å². The van der Waals surface area contributed by atoms with Gasteiger partial charge in [0.15, 0.2) is 0 Å². The quantitative estimate of drug-likeness (QED) is 0.736. The lowest BCUT2D eigenvalue weighted by molar-refractivity contribution is -0.376. The fourth-order valence-electron chi connectivity index (χ4n) is 1.84. The molecule has 0 aliphatic carbocycles. The Kier molecular flexibility index (Phi) is 5.20. The van der Waals surface area contributed by atoms with Crippen LogP contribution in [0.15, 0.2) is 18.2 Å². The molecule has 0 bridgehead atoms. The summed E-state index contributed by atoms with van der Waals surface area (Å²) >= 11 is 0. The molecule has 130 valence electrons. The topological polar surface area (TPSA) is 61.4 Å². The first-order chi connectivity index (χ1) is 10.3. The van der Waals surface area contributed by atoms with Gasteiger partial charge in [-0.2, -0.15) is 26.3 Å². The van der Waals surface area contributed by atoms with Crippen LogP contribution in [-0.2, 0) is 5.60 Å². The van der Waals surface area contributed by atoms with Crippen LogP contribution in [0, 0.1) is 6.92 Å². The van der Waals surface area contributed by atoms with Crippen molar-refractivity contribution in [2.75, 3.05) is 11.9 Å². The second kappa shape index (κ2) is 6.26. The molecule has 0 aromatic heterocycles. The summed E-state index contributed by atoms with van der Waals surface area (Å²) in [4.78, 5) is 11.3. The third kappa shape index (κ3) is 3.69. The summed E-state index contributed by atoms with van der Waals surface area (Å²) in [6, 6.07) is 1.20. The van der Waals surface area contributed by atoms with Crippen molar-refractivity contribution in [2.45, 2.75) is 31.8 Å². The second-order valence-electron chi connectivity index (χ2n) is 4.72. The number of rotatable bonds is 3. The van der Waals surface area contributed by atoms with Crippen molar-refractivity contribution < 1.29 is 36.2 Å². The molecular weight excluding hydrogens is 330 g/mol. The van der Waals surface area contributed by atoms with Gasteiger partial charge in [-0.25, -0.2) is 4.79 Å². The molecule has 23 heavy (non-hydrogen) atoms. The van der Waals surface area contributed by atoms with Gasteiger partial charge in [0.25, 0.3) is 5.60 Å². The Morgan fingerprint density at radius 3 is 2.04 bits per heavy atom. The highest BCUT2D eigenvalue weighted by molar-refractivity contribution is 5.90. The number of carbonyl (C=O) groups excluding carboxylic acids is 1. The summed E-state index contributed by atoms with van der Waals surface area (Å²) in [5.41, 5.74) is -6.42. The zero-order valence-corrected chi connectivity index (χ0v) is 12.1. The number of amides is 2. The molecule has 3 N–H and O–H groups in total. The number of carbonyl (C=O) groups is 1. The van der Waals surface area contributed by atoms with Gasteiger partial charge in [-0.3, -0.25) is 0 Å². The van der Waals surface area contributed by atoms with E-state index in [1.165, 1.54) is 6.92 Å². The highest BCUT2D eigenvalue weighted by atomic mass is 19.4. The fourth-order valence-corrected chi connectivity index (χ4v) is 1.84. The molecule has 0 spiro atoms. The van der Waals surface area contributed by atoms with Crippen molar-refractivity contribution in [1.29, 1.82) is 0 Å². The van der Waals surface area contributed by atoms with Crippen LogP contribution in [0.1, 0.15) is 18.1 Å². The summed E-state index contributed by atoms with van der Waals surface area (Å²) in [6.07, 6.45) is -11.9. The first-order valence-electron chi connectivity index (χ1n) is 6.36. The standard InChI is InChI=1S/C13H14F6N2O2/c1-3-20-10(22)21-9-5-4-8(6-7(9)2)11(23,12(14,15)16)13(17,18)19/h4-6,23H,3H2,1-2H3,(H2,20,21,22). The van der Waals surface area contributed by atoms with E-state index in [1.807, 2.05) is 0 Å². The van der Waals surface area contributed by atoms with E-state index < -0.39 is 29.5 Å². The molecule has 0 unspecified atom stereocenters. The second-order valence-corrected chi connectivity index (χ2v) is 4.72. The van der Waals surface area contributed by atoms with Gasteiger partial charge in [0, 0.05) is 17.8 Å². The Bertz CT molecular complexity index is 569. The molecule has 0 heterocycles. The zero-order chi connectivity index (χ0) is 18.1. The minimum Gasteiger partial charge on any atom is -0.369 e. The molecule has 0 atom stereocenters. The van der Waals surface area contributed by atoms with Crippen molar-refractivity contribution in [2.24, 2.45) is 0 Å². The Hall–Kier alpha value is -1.97. The molecule has 0 aliphatic rings. The monoisotopic (exact) mass is 344 g/mol. The highest BCUT2D eigenvalue weighted by Crippen LogP contribution is 2.50. The van der Waals surface area contributed by atoms with Crippen molar-refractivity contribution in [3.63, 3.8) is 0 Å². The van der Waals surface area contributed by atoms with Gasteiger partial charge in [0.2, 0.25) is 0 Å². The number of aryl methyl sites for hydroxylation is 1. The maximum atomic E-state index is 12.8. The van der Waals surface area contributed by atoms with Crippen LogP contribution in [0.4, 0.5) is 36.8 Å². The summed E-state index contributed by atoms with van der Waals surface area (Å²) < 4.78 is 76.7. The minimum atomic E-state index is -5.95. The number of hydrogen-bond acceptors (Lipinski definition) is 2. The van der Waals surface area contributed by atoms with E-state index in [9.17, 15) is 36.2 Å². The van der Waals surface area contributed by atoms with Crippen molar-refractivity contribution in [1.82, 2.24) is 5.32 Å². The molecular formula is C13H14F6N2O2. The smallest absolute Gasteiger partial charge is 0.369 e. The van der Waals surface area contributed by atoms with Crippen LogP contribution in [0.3, 0.4) is 0 Å². The lowest BCUT2D eigenvalue weighted by Gasteiger charge is -2.33. The first kappa shape index (κ1) is 19.1. The summed E-state index contributed by atoms with van der Waals surface area (Å²) in [5, 5.41) is 13.9. The third-order valence-electron chi connectivity index (χ3n) is 3.05. The van der Waals surface area contributed by atoms with Crippen LogP contribution >= 0.6 is 0 Å². The van der Waals surface area contributed by atoms with Gasteiger partial charge in [0.1, 0.15) is 0 Å². The average molecular weight is 344 g/mol. The highest BCUT2D eigenvalue weighted by Gasteiger charge is 2.71. The predicted molar refractivity (Wildman–Crippen MR) is 69.9 cm³/mol. The number of hydrogen-bond donors (Lipinski definition) is 3. The Labute approximate surface area is 127 Å². The van der Waals surface area contributed by atoms with E-state index in [4.69, 9.17) is 0 Å². The van der Waals surface area contributed by atoms with Gasteiger partial charge in [0.05, 0.1) is 0 Å². The molecule has 2 amide bonds. The van der Waals surface area contributed by atoms with E-state index in [1.54, 1.807) is 6.92 Å². The lowest BCUT2D eigenvalue weighted by atomic mass is 9.90. The Morgan fingerprint density at radius 2 is 1.65 bits per heavy atom. The number of halogens is 6. The van der Waals surface area contributed by atoms with Crippen LogP contribution in [0.5, 0.6) is 0 Å². The molecule has 0 aliphatic heterocycles.